The number of hydrogen-bond donors (Lipinski definition) is 0. The highest BCUT2D eigenvalue weighted by Crippen LogP contribution is 2.29. The molecule has 2 aromatic rings. The van der Waals surface area contributed by atoms with Crippen molar-refractivity contribution in [2.75, 3.05) is 19.9 Å². The Labute approximate surface area is 144 Å². The number of benzene rings is 2. The van der Waals surface area contributed by atoms with Crippen molar-refractivity contribution < 1.29 is 18.3 Å². The van der Waals surface area contributed by atoms with E-state index in [2.05, 4.69) is 0 Å². The number of carbonyl (C=O) groups is 1. The van der Waals surface area contributed by atoms with Gasteiger partial charge >= 0.3 is 0 Å². The molecule has 0 aliphatic heterocycles. The fraction of sp³-hybridized carbons (Fsp3) is 0.278. The topological polar surface area (TPSA) is 29.5 Å². The second kappa shape index (κ2) is 8.15. The highest BCUT2D eigenvalue weighted by atomic mass is 32.2. The van der Waals surface area contributed by atoms with E-state index in [9.17, 15) is 13.6 Å². The van der Waals surface area contributed by atoms with Gasteiger partial charge in [0.2, 0.25) is 5.91 Å². The zero-order valence-corrected chi connectivity index (χ0v) is 14.6. The summed E-state index contributed by atoms with van der Waals surface area (Å²) in [7, 11) is 3.23. The van der Waals surface area contributed by atoms with E-state index >= 15 is 0 Å². The zero-order valence-electron chi connectivity index (χ0n) is 13.8. The first-order valence-corrected chi connectivity index (χ1v) is 8.39. The number of halogens is 2. The van der Waals surface area contributed by atoms with Gasteiger partial charge < -0.3 is 9.64 Å². The Hall–Kier alpha value is -2.08. The molecule has 0 aliphatic carbocycles. The molecule has 0 heterocycles. The molecule has 6 heteroatoms. The molecule has 2 aromatic carbocycles. The highest BCUT2D eigenvalue weighted by molar-refractivity contribution is 8.00. The number of rotatable bonds is 6. The van der Waals surface area contributed by atoms with Crippen LogP contribution in [0.15, 0.2) is 47.4 Å². The molecule has 1 atom stereocenters. The van der Waals surface area contributed by atoms with E-state index in [4.69, 9.17) is 4.74 Å². The first-order valence-electron chi connectivity index (χ1n) is 7.40. The van der Waals surface area contributed by atoms with Crippen molar-refractivity contribution in [2.45, 2.75) is 17.9 Å². The Morgan fingerprint density at radius 3 is 2.58 bits per heavy atom. The van der Waals surface area contributed by atoms with Gasteiger partial charge in [-0.3, -0.25) is 4.79 Å². The Balaban J connectivity index is 2.02. The fourth-order valence-electron chi connectivity index (χ4n) is 2.19. The lowest BCUT2D eigenvalue weighted by molar-refractivity contribution is -0.128. The van der Waals surface area contributed by atoms with Gasteiger partial charge in [0.25, 0.3) is 0 Å². The van der Waals surface area contributed by atoms with E-state index < -0.39 is 11.6 Å². The maximum Gasteiger partial charge on any atom is 0.233 e. The summed E-state index contributed by atoms with van der Waals surface area (Å²) in [6.07, 6.45) is 0. The van der Waals surface area contributed by atoms with E-state index in [-0.39, 0.29) is 17.7 Å². The van der Waals surface area contributed by atoms with Crippen LogP contribution in [0.25, 0.3) is 0 Å². The molecule has 0 radical (unpaired) electrons. The van der Waals surface area contributed by atoms with Crippen molar-refractivity contribution in [3.8, 4) is 5.75 Å². The summed E-state index contributed by atoms with van der Waals surface area (Å²) in [6, 6.07) is 10.8. The maximum absolute atomic E-state index is 13.4. The number of carbonyl (C=O) groups excluding carboxylic acids is 1. The number of hydrogen-bond acceptors (Lipinski definition) is 3. The summed E-state index contributed by atoms with van der Waals surface area (Å²) in [5.74, 6) is -0.977. The van der Waals surface area contributed by atoms with Gasteiger partial charge in [-0.25, -0.2) is 8.78 Å². The minimum atomic E-state index is -0.913. The van der Waals surface area contributed by atoms with Crippen LogP contribution >= 0.6 is 11.8 Å². The second-order valence-corrected chi connectivity index (χ2v) is 6.31. The third-order valence-corrected chi connectivity index (χ3v) is 4.86. The fourth-order valence-corrected chi connectivity index (χ4v) is 3.14. The van der Waals surface area contributed by atoms with Crippen molar-refractivity contribution in [2.24, 2.45) is 0 Å². The van der Waals surface area contributed by atoms with Crippen LogP contribution in [0.2, 0.25) is 0 Å². The number of ether oxygens (including phenoxy) is 1. The molecular formula is C18H19F2NO2S. The SMILES string of the molecule is COc1ccccc1SCC(=O)N(C)C(C)c1ccc(F)c(F)c1. The Bertz CT molecular complexity index is 724. The van der Waals surface area contributed by atoms with E-state index in [1.54, 1.807) is 21.1 Å². The van der Waals surface area contributed by atoms with Gasteiger partial charge in [0.1, 0.15) is 5.75 Å². The number of methoxy groups -OCH3 is 1. The smallest absolute Gasteiger partial charge is 0.233 e. The summed E-state index contributed by atoms with van der Waals surface area (Å²) >= 11 is 1.38. The molecule has 128 valence electrons. The van der Waals surface area contributed by atoms with Crippen LogP contribution in [0.5, 0.6) is 5.75 Å². The van der Waals surface area contributed by atoms with Crippen LogP contribution in [-0.4, -0.2) is 30.7 Å². The average Bonchev–Trinajstić information content (AvgIpc) is 2.60. The molecule has 1 amide bonds. The van der Waals surface area contributed by atoms with Gasteiger partial charge in [-0.2, -0.15) is 0 Å². The van der Waals surface area contributed by atoms with Crippen LogP contribution in [0.3, 0.4) is 0 Å². The summed E-state index contributed by atoms with van der Waals surface area (Å²) < 4.78 is 31.6. The van der Waals surface area contributed by atoms with E-state index in [1.807, 2.05) is 24.3 Å². The molecule has 24 heavy (non-hydrogen) atoms. The van der Waals surface area contributed by atoms with Crippen molar-refractivity contribution in [1.29, 1.82) is 0 Å². The second-order valence-electron chi connectivity index (χ2n) is 5.29. The van der Waals surface area contributed by atoms with Crippen LogP contribution in [0.4, 0.5) is 8.78 Å². The van der Waals surface area contributed by atoms with Crippen LogP contribution in [0, 0.1) is 11.6 Å². The molecule has 0 aliphatic rings. The lowest BCUT2D eigenvalue weighted by Gasteiger charge is -2.25. The molecule has 1 unspecified atom stereocenters. The number of amides is 1. The number of thioether (sulfide) groups is 1. The summed E-state index contributed by atoms with van der Waals surface area (Å²) in [5, 5.41) is 0. The summed E-state index contributed by atoms with van der Waals surface area (Å²) in [4.78, 5) is 14.8. The Kier molecular flexibility index (Phi) is 6.20. The first-order chi connectivity index (χ1) is 11.4. The normalized spacial score (nSPS) is 11.9. The predicted molar refractivity (Wildman–Crippen MR) is 91.3 cm³/mol. The summed E-state index contributed by atoms with van der Waals surface area (Å²) in [6.45, 7) is 1.78. The van der Waals surface area contributed by atoms with Crippen LogP contribution in [-0.2, 0) is 4.79 Å². The van der Waals surface area contributed by atoms with Gasteiger partial charge in [-0.05, 0) is 36.8 Å². The maximum atomic E-state index is 13.4. The minimum absolute atomic E-state index is 0.108. The number of nitrogens with zero attached hydrogens (tertiary/aromatic N) is 1. The van der Waals surface area contributed by atoms with Crippen molar-refractivity contribution in [3.63, 3.8) is 0 Å². The van der Waals surface area contributed by atoms with Gasteiger partial charge in [0.05, 0.1) is 18.9 Å². The molecule has 0 spiro atoms. The van der Waals surface area contributed by atoms with Crippen LogP contribution < -0.4 is 4.74 Å². The van der Waals surface area contributed by atoms with Gasteiger partial charge in [-0.15, -0.1) is 11.8 Å². The quantitative estimate of drug-likeness (QED) is 0.728. The molecule has 2 rings (SSSR count). The molecule has 3 nitrogen and oxygen atoms in total. The van der Waals surface area contributed by atoms with E-state index in [0.717, 1.165) is 17.0 Å². The number of para-hydroxylation sites is 1. The largest absolute Gasteiger partial charge is 0.496 e. The van der Waals surface area contributed by atoms with Crippen LogP contribution in [0.1, 0.15) is 18.5 Å². The summed E-state index contributed by atoms with van der Waals surface area (Å²) in [5.41, 5.74) is 0.548. The zero-order chi connectivity index (χ0) is 17.7. The molecule has 0 bridgehead atoms. The molecule has 0 aromatic heterocycles. The van der Waals surface area contributed by atoms with Gasteiger partial charge in [0, 0.05) is 11.9 Å². The van der Waals surface area contributed by atoms with Gasteiger partial charge in [0.15, 0.2) is 11.6 Å². The third-order valence-electron chi connectivity index (χ3n) is 3.82. The predicted octanol–water partition coefficient (Wildman–Crippen LogP) is 4.29. The molecular weight excluding hydrogens is 332 g/mol. The molecule has 0 saturated carbocycles. The highest BCUT2D eigenvalue weighted by Gasteiger charge is 2.19. The van der Waals surface area contributed by atoms with Crippen molar-refractivity contribution in [1.82, 2.24) is 4.90 Å². The Morgan fingerprint density at radius 1 is 1.21 bits per heavy atom. The molecule has 0 N–H and O–H groups in total. The van der Waals surface area contributed by atoms with Gasteiger partial charge in [-0.1, -0.05) is 18.2 Å². The molecule has 0 fully saturated rings. The van der Waals surface area contributed by atoms with Crippen molar-refractivity contribution >= 4 is 17.7 Å². The van der Waals surface area contributed by atoms with Crippen molar-refractivity contribution in [3.05, 3.63) is 59.7 Å². The average molecular weight is 351 g/mol. The Morgan fingerprint density at radius 2 is 1.92 bits per heavy atom. The first kappa shape index (κ1) is 18.3. The standard InChI is InChI=1S/C18H19F2NO2S/c1-12(13-8-9-14(19)15(20)10-13)21(2)18(22)11-24-17-7-5-4-6-16(17)23-3/h4-10,12H,11H2,1-3H3. The third kappa shape index (κ3) is 4.26. The monoisotopic (exact) mass is 351 g/mol. The lowest BCUT2D eigenvalue weighted by atomic mass is 10.1. The lowest BCUT2D eigenvalue weighted by Crippen LogP contribution is -2.31. The molecule has 0 saturated heterocycles. The van der Waals surface area contributed by atoms with E-state index in [1.165, 1.54) is 22.7 Å². The minimum Gasteiger partial charge on any atom is -0.496 e. The van der Waals surface area contributed by atoms with E-state index in [0.29, 0.717) is 11.3 Å².